The summed E-state index contributed by atoms with van der Waals surface area (Å²) in [4.78, 5) is 31.7. The molecule has 2 aliphatic rings. The van der Waals surface area contributed by atoms with E-state index in [1.807, 2.05) is 6.07 Å². The van der Waals surface area contributed by atoms with Crippen LogP contribution in [-0.2, 0) is 21.3 Å². The van der Waals surface area contributed by atoms with Crippen LogP contribution >= 0.6 is 11.3 Å². The van der Waals surface area contributed by atoms with Crippen LogP contribution in [0.25, 0.3) is 22.1 Å². The molecule has 4 heterocycles. The molecule has 2 saturated heterocycles. The van der Waals surface area contributed by atoms with Gasteiger partial charge in [0.25, 0.3) is 0 Å². The van der Waals surface area contributed by atoms with Crippen LogP contribution in [0.15, 0.2) is 36.4 Å². The third-order valence-corrected chi connectivity index (χ3v) is 8.68. The number of thiophene rings is 1. The second-order valence-corrected chi connectivity index (χ2v) is 12.2. The number of piperazine rings is 1. The Labute approximate surface area is 225 Å². The van der Waals surface area contributed by atoms with E-state index in [0.717, 1.165) is 21.9 Å². The number of hydrogen-bond donors (Lipinski definition) is 1. The van der Waals surface area contributed by atoms with Crippen molar-refractivity contribution in [1.82, 2.24) is 24.2 Å². The summed E-state index contributed by atoms with van der Waals surface area (Å²) in [5, 5.41) is 0. The number of sulfonamides is 1. The number of primary amides is 1. The third kappa shape index (κ3) is 6.45. The van der Waals surface area contributed by atoms with Crippen LogP contribution in [0.4, 0.5) is 10.7 Å². The van der Waals surface area contributed by atoms with E-state index in [1.165, 1.54) is 10.6 Å². The number of rotatable bonds is 7. The van der Waals surface area contributed by atoms with Gasteiger partial charge in [0.05, 0.1) is 24.3 Å². The van der Waals surface area contributed by atoms with Crippen molar-refractivity contribution in [3.63, 3.8) is 0 Å². The van der Waals surface area contributed by atoms with Gasteiger partial charge in [0, 0.05) is 56.3 Å². The van der Waals surface area contributed by atoms with E-state index in [-0.39, 0.29) is 0 Å². The van der Waals surface area contributed by atoms with Crippen molar-refractivity contribution in [1.29, 1.82) is 0 Å². The molecular formula is C24H29N7O5S2. The lowest BCUT2D eigenvalue weighted by Gasteiger charge is -2.32. The summed E-state index contributed by atoms with van der Waals surface area (Å²) in [7, 11) is -3.15. The quantitative estimate of drug-likeness (QED) is 0.454. The summed E-state index contributed by atoms with van der Waals surface area (Å²) in [6, 6.07) is 10.9. The van der Waals surface area contributed by atoms with E-state index in [4.69, 9.17) is 30.2 Å². The first-order valence-corrected chi connectivity index (χ1v) is 14.8. The Bertz CT molecular complexity index is 1380. The summed E-state index contributed by atoms with van der Waals surface area (Å²) in [5.74, 6) is 2.00. The summed E-state index contributed by atoms with van der Waals surface area (Å²) in [5.41, 5.74) is 5.86. The molecule has 5 rings (SSSR count). The van der Waals surface area contributed by atoms with Crippen LogP contribution < -0.4 is 15.4 Å². The molecule has 2 N–H and O–H groups in total. The van der Waals surface area contributed by atoms with Crippen LogP contribution in [0, 0.1) is 0 Å². The summed E-state index contributed by atoms with van der Waals surface area (Å²) in [6.45, 7) is 5.68. The molecule has 0 spiro atoms. The average Bonchev–Trinajstić information content (AvgIpc) is 3.37. The monoisotopic (exact) mass is 559 g/mol. The molecule has 1 amide bonds. The molecule has 12 nitrogen and oxygen atoms in total. The Balaban J connectivity index is 1.38. The maximum atomic E-state index is 11.8. The summed E-state index contributed by atoms with van der Waals surface area (Å²) in [6.07, 6.45) is 0.381. The van der Waals surface area contributed by atoms with Crippen molar-refractivity contribution >= 4 is 33.4 Å². The number of carbonyl (C=O) groups excluding carboxylic acids is 1. The smallest absolute Gasteiger partial charge is 0.409 e. The van der Waals surface area contributed by atoms with Crippen molar-refractivity contribution in [2.75, 3.05) is 63.6 Å². The van der Waals surface area contributed by atoms with Gasteiger partial charge in [-0.25, -0.2) is 18.2 Å². The first-order chi connectivity index (χ1) is 18.2. The molecule has 2 aromatic heterocycles. The van der Waals surface area contributed by atoms with Crippen LogP contribution in [0.2, 0.25) is 0 Å². The van der Waals surface area contributed by atoms with Crippen LogP contribution in [0.1, 0.15) is 4.88 Å². The normalized spacial score (nSPS) is 17.4. The fourth-order valence-electron chi connectivity index (χ4n) is 4.32. The largest absolute Gasteiger partial charge is 0.411 e. The molecule has 0 aliphatic carbocycles. The van der Waals surface area contributed by atoms with Gasteiger partial charge in [0.2, 0.25) is 16.0 Å². The van der Waals surface area contributed by atoms with Crippen LogP contribution in [-0.4, -0.2) is 97.4 Å². The summed E-state index contributed by atoms with van der Waals surface area (Å²) >= 11 is 1.61. The van der Waals surface area contributed by atoms with E-state index in [9.17, 15) is 13.2 Å². The molecule has 14 heteroatoms. The number of morpholine rings is 1. The molecule has 2 aliphatic heterocycles. The zero-order valence-corrected chi connectivity index (χ0v) is 22.6. The lowest BCUT2D eigenvalue weighted by Crippen LogP contribution is -2.47. The first-order valence-electron chi connectivity index (χ1n) is 12.2. The van der Waals surface area contributed by atoms with Crippen molar-refractivity contribution in [3.05, 3.63) is 41.3 Å². The SMILES string of the molecule is CS(=O)(=O)N1CCN(Cc2ccc(-c3nc(-c4ccc(OC(N)=O)cc4)nc(N4CCOCC4)n3)s2)CC1. The molecule has 38 heavy (non-hydrogen) atoms. The van der Waals surface area contributed by atoms with Crippen molar-refractivity contribution < 1.29 is 22.7 Å². The Morgan fingerprint density at radius 1 is 0.974 bits per heavy atom. The number of anilines is 1. The van der Waals surface area contributed by atoms with Gasteiger partial charge in [-0.2, -0.15) is 14.3 Å². The van der Waals surface area contributed by atoms with E-state index in [2.05, 4.69) is 15.9 Å². The topological polar surface area (TPSA) is 144 Å². The minimum atomic E-state index is -3.15. The number of nitrogens with two attached hydrogens (primary N) is 1. The molecule has 1 aromatic carbocycles. The number of amides is 1. The molecule has 0 unspecified atom stereocenters. The van der Waals surface area contributed by atoms with Crippen molar-refractivity contribution in [2.45, 2.75) is 6.54 Å². The van der Waals surface area contributed by atoms with Gasteiger partial charge in [-0.15, -0.1) is 11.3 Å². The number of hydrogen-bond acceptors (Lipinski definition) is 11. The fraction of sp³-hybridized carbons (Fsp3) is 0.417. The predicted molar refractivity (Wildman–Crippen MR) is 144 cm³/mol. The molecule has 202 valence electrons. The molecule has 0 radical (unpaired) electrons. The van der Waals surface area contributed by atoms with E-state index in [1.54, 1.807) is 35.6 Å². The van der Waals surface area contributed by atoms with E-state index < -0.39 is 16.1 Å². The average molecular weight is 560 g/mol. The minimum Gasteiger partial charge on any atom is -0.411 e. The molecular weight excluding hydrogens is 530 g/mol. The van der Waals surface area contributed by atoms with E-state index >= 15 is 0 Å². The lowest BCUT2D eigenvalue weighted by molar-refractivity contribution is 0.122. The minimum absolute atomic E-state index is 0.337. The number of nitrogens with zero attached hydrogens (tertiary/aromatic N) is 6. The number of aromatic nitrogens is 3. The van der Waals surface area contributed by atoms with E-state index in [0.29, 0.717) is 75.8 Å². The predicted octanol–water partition coefficient (Wildman–Crippen LogP) is 1.64. The van der Waals surface area contributed by atoms with Crippen molar-refractivity contribution in [2.24, 2.45) is 5.73 Å². The second kappa shape index (κ2) is 11.3. The van der Waals surface area contributed by atoms with Crippen LogP contribution in [0.3, 0.4) is 0 Å². The standard InChI is InChI=1S/C24H29N7O5S2/c1-38(33,34)31-10-8-29(9-11-31)16-19-6-7-20(37-19)22-26-21(17-2-4-18(5-3-17)36-23(25)32)27-24(28-22)30-12-14-35-15-13-30/h2-7H,8-16H2,1H3,(H2,25,32). The van der Waals surface area contributed by atoms with Crippen molar-refractivity contribution in [3.8, 4) is 27.8 Å². The Kier molecular flexibility index (Phi) is 7.85. The molecule has 2 fully saturated rings. The number of benzene rings is 1. The van der Waals surface area contributed by atoms with Crippen LogP contribution in [0.5, 0.6) is 5.75 Å². The highest BCUT2D eigenvalue weighted by Gasteiger charge is 2.24. The highest BCUT2D eigenvalue weighted by molar-refractivity contribution is 7.88. The zero-order valence-electron chi connectivity index (χ0n) is 20.9. The third-order valence-electron chi connectivity index (χ3n) is 6.31. The van der Waals surface area contributed by atoms with Gasteiger partial charge >= 0.3 is 6.09 Å². The Morgan fingerprint density at radius 2 is 1.66 bits per heavy atom. The lowest BCUT2D eigenvalue weighted by atomic mass is 10.2. The maximum absolute atomic E-state index is 11.8. The molecule has 0 saturated carbocycles. The molecule has 0 bridgehead atoms. The Hall–Kier alpha value is -3.17. The first kappa shape index (κ1) is 26.4. The fourth-order valence-corrected chi connectivity index (χ4v) is 6.13. The highest BCUT2D eigenvalue weighted by Crippen LogP contribution is 2.30. The van der Waals surface area contributed by atoms with Gasteiger partial charge in [0.1, 0.15) is 5.75 Å². The number of ether oxygens (including phenoxy) is 2. The van der Waals surface area contributed by atoms with Gasteiger partial charge in [-0.05, 0) is 36.4 Å². The maximum Gasteiger partial charge on any atom is 0.409 e. The number of carbonyl (C=O) groups is 1. The Morgan fingerprint density at radius 3 is 2.32 bits per heavy atom. The molecule has 0 atom stereocenters. The van der Waals surface area contributed by atoms with Gasteiger partial charge in [-0.3, -0.25) is 4.90 Å². The van der Waals surface area contributed by atoms with Gasteiger partial charge < -0.3 is 20.1 Å². The zero-order chi connectivity index (χ0) is 26.7. The molecule has 3 aromatic rings. The summed E-state index contributed by atoms with van der Waals surface area (Å²) < 4.78 is 35.5. The van der Waals surface area contributed by atoms with Gasteiger partial charge in [-0.1, -0.05) is 0 Å². The van der Waals surface area contributed by atoms with Gasteiger partial charge in [0.15, 0.2) is 11.6 Å². The second-order valence-electron chi connectivity index (χ2n) is 9.03. The highest BCUT2D eigenvalue weighted by atomic mass is 32.2.